The van der Waals surface area contributed by atoms with Crippen LogP contribution in [0.3, 0.4) is 0 Å². The van der Waals surface area contributed by atoms with Gasteiger partial charge in [0.2, 0.25) is 5.91 Å². The number of likely N-dealkylation sites (tertiary alicyclic amines) is 1. The van der Waals surface area contributed by atoms with Crippen LogP contribution in [-0.4, -0.2) is 42.5 Å². The Morgan fingerprint density at radius 2 is 2.13 bits per heavy atom. The normalized spacial score (nSPS) is 27.7. The molecule has 1 amide bonds. The first-order valence-corrected chi connectivity index (χ1v) is 8.85. The Morgan fingerprint density at radius 1 is 1.35 bits per heavy atom. The molecule has 2 aliphatic rings. The molecule has 0 aromatic heterocycles. The average molecular weight is 315 g/mol. The minimum Gasteiger partial charge on any atom is -0.351 e. The topological polar surface area (TPSA) is 44.4 Å². The van der Waals surface area contributed by atoms with E-state index >= 15 is 0 Å². The van der Waals surface area contributed by atoms with E-state index in [2.05, 4.69) is 59.7 Å². The van der Waals surface area contributed by atoms with Crippen molar-refractivity contribution < 1.29 is 4.79 Å². The highest BCUT2D eigenvalue weighted by Crippen LogP contribution is 2.30. The summed E-state index contributed by atoms with van der Waals surface area (Å²) in [5.41, 5.74) is 1.39. The van der Waals surface area contributed by atoms with Crippen LogP contribution in [0.15, 0.2) is 30.3 Å². The molecule has 23 heavy (non-hydrogen) atoms. The van der Waals surface area contributed by atoms with Gasteiger partial charge in [-0.25, -0.2) is 0 Å². The van der Waals surface area contributed by atoms with Crippen LogP contribution in [0.5, 0.6) is 0 Å². The summed E-state index contributed by atoms with van der Waals surface area (Å²) in [5, 5.41) is 6.69. The minimum absolute atomic E-state index is 0.0463. The van der Waals surface area contributed by atoms with Gasteiger partial charge in [0.25, 0.3) is 0 Å². The number of nitrogens with one attached hydrogen (secondary N) is 2. The molecule has 1 aromatic rings. The van der Waals surface area contributed by atoms with Gasteiger partial charge in [0.15, 0.2) is 0 Å². The van der Waals surface area contributed by atoms with Gasteiger partial charge < -0.3 is 10.6 Å². The lowest BCUT2D eigenvalue weighted by molar-refractivity contribution is -0.127. The molecule has 2 fully saturated rings. The monoisotopic (exact) mass is 315 g/mol. The number of rotatable bonds is 4. The van der Waals surface area contributed by atoms with E-state index in [0.717, 1.165) is 45.4 Å². The Morgan fingerprint density at radius 3 is 2.87 bits per heavy atom. The predicted octanol–water partition coefficient (Wildman–Crippen LogP) is 2.16. The highest BCUT2D eigenvalue weighted by molar-refractivity contribution is 5.83. The summed E-state index contributed by atoms with van der Waals surface area (Å²) in [6.45, 7) is 8.32. The maximum Gasteiger partial charge on any atom is 0.237 e. The summed E-state index contributed by atoms with van der Waals surface area (Å²) in [4.78, 5) is 15.1. The third kappa shape index (κ3) is 4.12. The van der Waals surface area contributed by atoms with Gasteiger partial charge in [-0.3, -0.25) is 9.69 Å². The Kier molecular flexibility index (Phi) is 5.02. The van der Waals surface area contributed by atoms with Crippen molar-refractivity contribution in [3.63, 3.8) is 0 Å². The number of hydrogen-bond acceptors (Lipinski definition) is 3. The molecule has 2 N–H and O–H groups in total. The lowest BCUT2D eigenvalue weighted by Gasteiger charge is -2.38. The summed E-state index contributed by atoms with van der Waals surface area (Å²) >= 11 is 0. The van der Waals surface area contributed by atoms with Gasteiger partial charge in [-0.1, -0.05) is 44.2 Å². The van der Waals surface area contributed by atoms with Crippen molar-refractivity contribution in [3.05, 3.63) is 35.9 Å². The fraction of sp³-hybridized carbons (Fsp3) is 0.632. The molecule has 4 nitrogen and oxygen atoms in total. The molecule has 2 aliphatic heterocycles. The maximum atomic E-state index is 12.6. The number of piperidine rings is 1. The van der Waals surface area contributed by atoms with Gasteiger partial charge in [-0.05, 0) is 36.8 Å². The van der Waals surface area contributed by atoms with Gasteiger partial charge >= 0.3 is 0 Å². The quantitative estimate of drug-likeness (QED) is 0.895. The van der Waals surface area contributed by atoms with Crippen LogP contribution in [0.4, 0.5) is 0 Å². The van der Waals surface area contributed by atoms with Crippen molar-refractivity contribution in [2.24, 2.45) is 5.41 Å². The summed E-state index contributed by atoms with van der Waals surface area (Å²) < 4.78 is 0. The van der Waals surface area contributed by atoms with Crippen molar-refractivity contribution >= 4 is 5.91 Å². The van der Waals surface area contributed by atoms with Crippen LogP contribution in [0.25, 0.3) is 0 Å². The van der Waals surface area contributed by atoms with E-state index in [1.807, 2.05) is 0 Å². The zero-order valence-corrected chi connectivity index (χ0v) is 14.3. The maximum absolute atomic E-state index is 12.6. The summed E-state index contributed by atoms with van der Waals surface area (Å²) in [7, 11) is 0. The predicted molar refractivity (Wildman–Crippen MR) is 93.1 cm³/mol. The molecule has 2 saturated heterocycles. The van der Waals surface area contributed by atoms with Gasteiger partial charge in [0.1, 0.15) is 0 Å². The van der Waals surface area contributed by atoms with Gasteiger partial charge in [0, 0.05) is 25.7 Å². The summed E-state index contributed by atoms with van der Waals surface area (Å²) in [6, 6.07) is 10.8. The van der Waals surface area contributed by atoms with E-state index < -0.39 is 0 Å². The Balaban J connectivity index is 1.50. The molecule has 1 aromatic carbocycles. The second-order valence-corrected chi connectivity index (χ2v) is 7.69. The van der Waals surface area contributed by atoms with Crippen molar-refractivity contribution in [1.82, 2.24) is 15.5 Å². The number of nitrogens with zero attached hydrogens (tertiary/aromatic N) is 1. The molecule has 3 rings (SSSR count). The van der Waals surface area contributed by atoms with Crippen LogP contribution in [0.1, 0.15) is 38.7 Å². The average Bonchev–Trinajstić information content (AvgIpc) is 2.94. The van der Waals surface area contributed by atoms with Crippen molar-refractivity contribution in [2.45, 2.75) is 51.7 Å². The van der Waals surface area contributed by atoms with Crippen LogP contribution >= 0.6 is 0 Å². The molecule has 126 valence electrons. The van der Waals surface area contributed by atoms with E-state index in [9.17, 15) is 4.79 Å². The number of carbonyl (C=O) groups excluding carboxylic acids is 1. The lowest BCUT2D eigenvalue weighted by atomic mass is 9.77. The third-order valence-corrected chi connectivity index (χ3v) is 5.26. The van der Waals surface area contributed by atoms with Gasteiger partial charge in [-0.2, -0.15) is 0 Å². The van der Waals surface area contributed by atoms with E-state index in [0.29, 0.717) is 0 Å². The van der Waals surface area contributed by atoms with Gasteiger partial charge in [0.05, 0.1) is 6.04 Å². The van der Waals surface area contributed by atoms with Gasteiger partial charge in [-0.15, -0.1) is 0 Å². The first kappa shape index (κ1) is 16.5. The zero-order chi connectivity index (χ0) is 16.3. The lowest BCUT2D eigenvalue weighted by Crippen LogP contribution is -2.57. The first-order chi connectivity index (χ1) is 11.0. The number of benzene rings is 1. The largest absolute Gasteiger partial charge is 0.351 e. The van der Waals surface area contributed by atoms with E-state index in [4.69, 9.17) is 0 Å². The standard InChI is InChI=1S/C19H29N3O/c1-19(2)10-6-11-20-17(19)18(23)21-16-9-12-22(14-16)13-15-7-4-3-5-8-15/h3-5,7-8,16-17,20H,6,9-14H2,1-2H3,(H,21,23). The highest BCUT2D eigenvalue weighted by Gasteiger charge is 2.38. The smallest absolute Gasteiger partial charge is 0.237 e. The highest BCUT2D eigenvalue weighted by atomic mass is 16.2. The number of amides is 1. The minimum atomic E-state index is -0.0561. The molecule has 0 bridgehead atoms. The molecule has 4 heteroatoms. The second kappa shape index (κ2) is 7.02. The number of carbonyl (C=O) groups is 1. The molecule has 0 saturated carbocycles. The molecule has 2 atom stereocenters. The second-order valence-electron chi connectivity index (χ2n) is 7.69. The Bertz CT molecular complexity index is 529. The van der Waals surface area contributed by atoms with Crippen LogP contribution in [0.2, 0.25) is 0 Å². The fourth-order valence-electron chi connectivity index (χ4n) is 3.88. The fourth-order valence-corrected chi connectivity index (χ4v) is 3.88. The summed E-state index contributed by atoms with van der Waals surface area (Å²) in [5.74, 6) is 0.182. The Labute approximate surface area is 139 Å². The van der Waals surface area contributed by atoms with Crippen LogP contribution in [-0.2, 0) is 11.3 Å². The first-order valence-electron chi connectivity index (χ1n) is 8.85. The van der Waals surface area contributed by atoms with E-state index in [-0.39, 0.29) is 23.4 Å². The third-order valence-electron chi connectivity index (χ3n) is 5.26. The molecule has 0 radical (unpaired) electrons. The van der Waals surface area contributed by atoms with Crippen molar-refractivity contribution in [3.8, 4) is 0 Å². The molecule has 0 spiro atoms. The van der Waals surface area contributed by atoms with Crippen LogP contribution in [0, 0.1) is 5.41 Å². The Hall–Kier alpha value is -1.39. The van der Waals surface area contributed by atoms with E-state index in [1.54, 1.807) is 0 Å². The molecular formula is C19H29N3O. The number of hydrogen-bond donors (Lipinski definition) is 2. The molecule has 0 aliphatic carbocycles. The van der Waals surface area contributed by atoms with Crippen LogP contribution < -0.4 is 10.6 Å². The van der Waals surface area contributed by atoms with E-state index in [1.165, 1.54) is 5.56 Å². The molecular weight excluding hydrogens is 286 g/mol. The molecule has 2 unspecified atom stereocenters. The summed E-state index contributed by atoms with van der Waals surface area (Å²) in [6.07, 6.45) is 3.32. The zero-order valence-electron chi connectivity index (χ0n) is 14.3. The SMILES string of the molecule is CC1(C)CCCNC1C(=O)NC1CCN(Cc2ccccc2)C1. The van der Waals surface area contributed by atoms with Crippen molar-refractivity contribution in [1.29, 1.82) is 0 Å². The van der Waals surface area contributed by atoms with Crippen molar-refractivity contribution in [2.75, 3.05) is 19.6 Å². The molecule has 2 heterocycles.